The maximum absolute atomic E-state index is 11.1. The van der Waals surface area contributed by atoms with Crippen LogP contribution in [0.4, 0.5) is 5.82 Å². The molecular formula is C11H17N3O3. The highest BCUT2D eigenvalue weighted by Gasteiger charge is 2.21. The van der Waals surface area contributed by atoms with Crippen LogP contribution in [-0.2, 0) is 4.74 Å². The maximum Gasteiger partial charge on any atom is 0.358 e. The van der Waals surface area contributed by atoms with Gasteiger partial charge in [0.25, 0.3) is 0 Å². The van der Waals surface area contributed by atoms with Crippen molar-refractivity contribution in [3.05, 3.63) is 17.8 Å². The number of ether oxygens (including phenoxy) is 1. The first kappa shape index (κ1) is 13.4. The van der Waals surface area contributed by atoms with E-state index in [0.29, 0.717) is 5.82 Å². The van der Waals surface area contributed by atoms with Crippen LogP contribution >= 0.6 is 0 Å². The molecule has 1 aromatic heterocycles. The number of aromatic nitrogens is 2. The number of hydrogen-bond acceptors (Lipinski definition) is 6. The van der Waals surface area contributed by atoms with Gasteiger partial charge in [0, 0.05) is 0 Å². The number of esters is 1. The Morgan fingerprint density at radius 1 is 1.53 bits per heavy atom. The van der Waals surface area contributed by atoms with Gasteiger partial charge in [0.05, 0.1) is 19.3 Å². The number of carbonyl (C=O) groups excluding carboxylic acids is 1. The second-order valence-electron chi connectivity index (χ2n) is 3.99. The molecule has 0 saturated carbocycles. The molecule has 0 amide bonds. The minimum absolute atomic E-state index is 0.00999. The van der Waals surface area contributed by atoms with Crippen molar-refractivity contribution in [1.82, 2.24) is 10.2 Å². The molecule has 6 heteroatoms. The normalized spacial score (nSPS) is 13.9. The van der Waals surface area contributed by atoms with E-state index in [1.807, 2.05) is 13.8 Å². The zero-order valence-corrected chi connectivity index (χ0v) is 10.2. The standard InChI is InChI=1S/C11H17N3O3/c1-4-11(2,7-15)12-9-6-5-8(13-14-9)10(16)17-3/h5-6,15H,4,7H2,1-3H3,(H,12,14). The number of hydrogen-bond donors (Lipinski definition) is 2. The Morgan fingerprint density at radius 2 is 2.24 bits per heavy atom. The van der Waals surface area contributed by atoms with Gasteiger partial charge in [0.15, 0.2) is 5.69 Å². The SMILES string of the molecule is CCC(C)(CO)Nc1ccc(C(=O)OC)nn1. The minimum atomic E-state index is -0.524. The smallest absolute Gasteiger partial charge is 0.358 e. The lowest BCUT2D eigenvalue weighted by molar-refractivity contribution is 0.0592. The summed E-state index contributed by atoms with van der Waals surface area (Å²) in [4.78, 5) is 11.1. The second kappa shape index (κ2) is 5.58. The van der Waals surface area contributed by atoms with E-state index in [2.05, 4.69) is 20.3 Å². The van der Waals surface area contributed by atoms with Gasteiger partial charge in [-0.2, -0.15) is 0 Å². The third-order valence-electron chi connectivity index (χ3n) is 2.62. The van der Waals surface area contributed by atoms with Gasteiger partial charge >= 0.3 is 5.97 Å². The third-order valence-corrected chi connectivity index (χ3v) is 2.62. The van der Waals surface area contributed by atoms with E-state index in [0.717, 1.165) is 6.42 Å². The Morgan fingerprint density at radius 3 is 2.65 bits per heavy atom. The van der Waals surface area contributed by atoms with Crippen molar-refractivity contribution in [2.45, 2.75) is 25.8 Å². The van der Waals surface area contributed by atoms with E-state index in [4.69, 9.17) is 0 Å². The highest BCUT2D eigenvalue weighted by Crippen LogP contribution is 2.15. The highest BCUT2D eigenvalue weighted by atomic mass is 16.5. The fourth-order valence-corrected chi connectivity index (χ4v) is 1.16. The minimum Gasteiger partial charge on any atom is -0.464 e. The molecule has 0 fully saturated rings. The molecule has 1 rings (SSSR count). The van der Waals surface area contributed by atoms with Crippen LogP contribution in [-0.4, -0.2) is 40.5 Å². The summed E-state index contributed by atoms with van der Waals surface area (Å²) in [6.45, 7) is 3.83. The van der Waals surface area contributed by atoms with Gasteiger partial charge in [-0.05, 0) is 25.5 Å². The summed E-state index contributed by atoms with van der Waals surface area (Å²) in [7, 11) is 1.29. The summed E-state index contributed by atoms with van der Waals surface area (Å²) in [6, 6.07) is 3.15. The van der Waals surface area contributed by atoms with Crippen LogP contribution in [0.2, 0.25) is 0 Å². The molecule has 0 aromatic carbocycles. The van der Waals surface area contributed by atoms with E-state index in [9.17, 15) is 9.90 Å². The van der Waals surface area contributed by atoms with Crippen molar-refractivity contribution in [2.75, 3.05) is 19.0 Å². The number of rotatable bonds is 5. The molecule has 17 heavy (non-hydrogen) atoms. The van der Waals surface area contributed by atoms with E-state index < -0.39 is 11.5 Å². The molecule has 94 valence electrons. The number of aliphatic hydroxyl groups excluding tert-OH is 1. The predicted octanol–water partition coefficient (Wildman–Crippen LogP) is 0.836. The number of nitrogens with zero attached hydrogens (tertiary/aromatic N) is 2. The van der Waals surface area contributed by atoms with Crippen LogP contribution < -0.4 is 5.32 Å². The lowest BCUT2D eigenvalue weighted by Crippen LogP contribution is -2.38. The fraction of sp³-hybridized carbons (Fsp3) is 0.545. The first-order valence-electron chi connectivity index (χ1n) is 5.35. The summed E-state index contributed by atoms with van der Waals surface area (Å²) < 4.78 is 4.52. The highest BCUT2D eigenvalue weighted by molar-refractivity contribution is 5.86. The monoisotopic (exact) mass is 239 g/mol. The number of aliphatic hydroxyl groups is 1. The summed E-state index contributed by atoms with van der Waals surface area (Å²) >= 11 is 0. The zero-order chi connectivity index (χ0) is 12.9. The average molecular weight is 239 g/mol. The molecule has 2 N–H and O–H groups in total. The largest absolute Gasteiger partial charge is 0.464 e. The molecule has 0 bridgehead atoms. The van der Waals surface area contributed by atoms with Gasteiger partial charge in [-0.25, -0.2) is 4.79 Å². The van der Waals surface area contributed by atoms with Crippen molar-refractivity contribution < 1.29 is 14.6 Å². The summed E-state index contributed by atoms with van der Waals surface area (Å²) in [5.74, 6) is -0.0134. The Labute approximate surface area is 100 Å². The molecule has 1 atom stereocenters. The van der Waals surface area contributed by atoms with Crippen LogP contribution in [0.15, 0.2) is 12.1 Å². The molecule has 0 spiro atoms. The fourth-order valence-electron chi connectivity index (χ4n) is 1.16. The van der Waals surface area contributed by atoms with Crippen LogP contribution in [0, 0.1) is 0 Å². The number of nitrogens with one attached hydrogen (secondary N) is 1. The van der Waals surface area contributed by atoms with Crippen molar-refractivity contribution in [3.63, 3.8) is 0 Å². The number of methoxy groups -OCH3 is 1. The third kappa shape index (κ3) is 3.39. The first-order valence-corrected chi connectivity index (χ1v) is 5.35. The van der Waals surface area contributed by atoms with E-state index in [1.54, 1.807) is 6.07 Å². The molecule has 1 aromatic rings. The van der Waals surface area contributed by atoms with E-state index >= 15 is 0 Å². The van der Waals surface area contributed by atoms with E-state index in [1.165, 1.54) is 13.2 Å². The number of anilines is 1. The van der Waals surface area contributed by atoms with Crippen molar-refractivity contribution in [2.24, 2.45) is 0 Å². The Balaban J connectivity index is 2.78. The molecule has 0 saturated heterocycles. The Kier molecular flexibility index (Phi) is 4.39. The van der Waals surface area contributed by atoms with Crippen LogP contribution in [0.1, 0.15) is 30.8 Å². The van der Waals surface area contributed by atoms with Gasteiger partial charge in [0.2, 0.25) is 0 Å². The summed E-state index contributed by atoms with van der Waals surface area (Å²) in [6.07, 6.45) is 0.740. The summed E-state index contributed by atoms with van der Waals surface area (Å²) in [5, 5.41) is 19.9. The predicted molar refractivity (Wildman–Crippen MR) is 62.8 cm³/mol. The second-order valence-corrected chi connectivity index (χ2v) is 3.99. The van der Waals surface area contributed by atoms with Gasteiger partial charge in [-0.15, -0.1) is 10.2 Å². The quantitative estimate of drug-likeness (QED) is 0.740. The van der Waals surface area contributed by atoms with Gasteiger partial charge in [-0.3, -0.25) is 0 Å². The van der Waals surface area contributed by atoms with Gasteiger partial charge < -0.3 is 15.2 Å². The van der Waals surface area contributed by atoms with E-state index in [-0.39, 0.29) is 12.3 Å². The van der Waals surface area contributed by atoms with Crippen molar-refractivity contribution in [3.8, 4) is 0 Å². The molecule has 6 nitrogen and oxygen atoms in total. The molecule has 1 unspecified atom stereocenters. The van der Waals surface area contributed by atoms with Gasteiger partial charge in [0.1, 0.15) is 5.82 Å². The topological polar surface area (TPSA) is 84.3 Å². The maximum atomic E-state index is 11.1. The molecule has 0 radical (unpaired) electrons. The van der Waals surface area contributed by atoms with Crippen molar-refractivity contribution >= 4 is 11.8 Å². The molecule has 0 aliphatic carbocycles. The average Bonchev–Trinajstić information content (AvgIpc) is 2.38. The molecule has 1 heterocycles. The molecule has 0 aliphatic rings. The Hall–Kier alpha value is -1.69. The summed E-state index contributed by atoms with van der Waals surface area (Å²) in [5.41, 5.74) is -0.290. The number of carbonyl (C=O) groups is 1. The lowest BCUT2D eigenvalue weighted by Gasteiger charge is -2.27. The first-order chi connectivity index (χ1) is 8.04. The van der Waals surface area contributed by atoms with Crippen LogP contribution in [0.5, 0.6) is 0 Å². The van der Waals surface area contributed by atoms with Gasteiger partial charge in [-0.1, -0.05) is 6.92 Å². The molecule has 0 aliphatic heterocycles. The van der Waals surface area contributed by atoms with Crippen LogP contribution in [0.3, 0.4) is 0 Å². The lowest BCUT2D eigenvalue weighted by atomic mass is 10.0. The van der Waals surface area contributed by atoms with Crippen LogP contribution in [0.25, 0.3) is 0 Å². The van der Waals surface area contributed by atoms with Crippen molar-refractivity contribution in [1.29, 1.82) is 0 Å². The molecular weight excluding hydrogens is 222 g/mol. The zero-order valence-electron chi connectivity index (χ0n) is 10.2. The Bertz CT molecular complexity index is 374.